The Hall–Kier alpha value is -3.64. The molecule has 37 heavy (non-hydrogen) atoms. The Bertz CT molecular complexity index is 1260. The highest BCUT2D eigenvalue weighted by Gasteiger charge is 2.26. The molecule has 2 aliphatic rings. The molecule has 6 nitrogen and oxygen atoms in total. The Morgan fingerprint density at radius 3 is 2.54 bits per heavy atom. The van der Waals surface area contributed by atoms with Crippen LogP contribution in [0.4, 0.5) is 11.4 Å². The number of benzene rings is 3. The molecule has 0 aliphatic carbocycles. The van der Waals surface area contributed by atoms with Gasteiger partial charge >= 0.3 is 0 Å². The van der Waals surface area contributed by atoms with E-state index in [2.05, 4.69) is 34.5 Å². The van der Waals surface area contributed by atoms with Crippen LogP contribution in [0.5, 0.6) is 0 Å². The fourth-order valence-corrected chi connectivity index (χ4v) is 5.22. The first-order valence-electron chi connectivity index (χ1n) is 13.2. The topological polar surface area (TPSA) is 61.9 Å². The Balaban J connectivity index is 1.29. The zero-order valence-electron chi connectivity index (χ0n) is 21.7. The molecular formula is C31H35N3O3. The normalized spacial score (nSPS) is 16.8. The number of hydrogen-bond donors (Lipinski definition) is 1. The molecule has 1 N–H and O–H groups in total. The zero-order chi connectivity index (χ0) is 25.8. The number of anilines is 2. The van der Waals surface area contributed by atoms with E-state index >= 15 is 0 Å². The van der Waals surface area contributed by atoms with Gasteiger partial charge in [0.05, 0.1) is 6.10 Å². The van der Waals surface area contributed by atoms with E-state index in [0.29, 0.717) is 18.7 Å². The summed E-state index contributed by atoms with van der Waals surface area (Å²) in [5.41, 5.74) is 7.37. The number of nitrogens with zero attached hydrogens (tertiary/aromatic N) is 2. The predicted octanol–water partition coefficient (Wildman–Crippen LogP) is 5.13. The minimum atomic E-state index is -0.205. The van der Waals surface area contributed by atoms with Crippen molar-refractivity contribution in [3.63, 3.8) is 0 Å². The Kier molecular flexibility index (Phi) is 7.56. The van der Waals surface area contributed by atoms with Gasteiger partial charge in [0.25, 0.3) is 5.91 Å². The van der Waals surface area contributed by atoms with Crippen molar-refractivity contribution < 1.29 is 14.3 Å². The minimum Gasteiger partial charge on any atom is -0.376 e. The maximum Gasteiger partial charge on any atom is 0.254 e. The van der Waals surface area contributed by atoms with Crippen LogP contribution in [0, 0.1) is 13.8 Å². The molecule has 0 aromatic heterocycles. The summed E-state index contributed by atoms with van der Waals surface area (Å²) >= 11 is 0. The molecule has 1 saturated heterocycles. The average Bonchev–Trinajstić information content (AvgIpc) is 3.43. The van der Waals surface area contributed by atoms with E-state index in [0.717, 1.165) is 54.9 Å². The van der Waals surface area contributed by atoms with Gasteiger partial charge in [-0.1, -0.05) is 36.4 Å². The van der Waals surface area contributed by atoms with Crippen molar-refractivity contribution in [2.45, 2.75) is 45.8 Å². The second-order valence-electron chi connectivity index (χ2n) is 10.1. The lowest BCUT2D eigenvalue weighted by atomic mass is 9.99. The lowest BCUT2D eigenvalue weighted by Crippen LogP contribution is -2.42. The van der Waals surface area contributed by atoms with E-state index in [9.17, 15) is 9.59 Å². The predicted molar refractivity (Wildman–Crippen MR) is 147 cm³/mol. The van der Waals surface area contributed by atoms with Gasteiger partial charge < -0.3 is 19.9 Å². The molecule has 3 aromatic carbocycles. The number of carbonyl (C=O) groups excluding carboxylic acids is 2. The summed E-state index contributed by atoms with van der Waals surface area (Å²) < 4.78 is 5.80. The maximum absolute atomic E-state index is 13.6. The molecule has 6 heteroatoms. The second kappa shape index (κ2) is 11.2. The van der Waals surface area contributed by atoms with Gasteiger partial charge in [-0.15, -0.1) is 0 Å². The molecule has 192 valence electrons. The molecule has 2 heterocycles. The van der Waals surface area contributed by atoms with Crippen LogP contribution in [0.3, 0.4) is 0 Å². The highest BCUT2D eigenvalue weighted by molar-refractivity contribution is 5.99. The van der Waals surface area contributed by atoms with Gasteiger partial charge in [0, 0.05) is 43.2 Å². The summed E-state index contributed by atoms with van der Waals surface area (Å²) in [6, 6.07) is 22.2. The summed E-state index contributed by atoms with van der Waals surface area (Å²) in [5, 5.41) is 2.99. The van der Waals surface area contributed by atoms with Crippen LogP contribution in [0.1, 0.15) is 45.5 Å². The molecule has 0 spiro atoms. The van der Waals surface area contributed by atoms with E-state index in [-0.39, 0.29) is 24.5 Å². The third-order valence-corrected chi connectivity index (χ3v) is 7.56. The molecule has 1 atom stereocenters. The first-order chi connectivity index (χ1) is 18.0. The van der Waals surface area contributed by atoms with Gasteiger partial charge in [-0.05, 0) is 85.7 Å². The average molecular weight is 498 g/mol. The molecule has 3 aromatic rings. The Morgan fingerprint density at radius 2 is 1.78 bits per heavy atom. The van der Waals surface area contributed by atoms with Crippen LogP contribution in [-0.4, -0.2) is 49.1 Å². The number of amides is 2. The van der Waals surface area contributed by atoms with Gasteiger partial charge in [-0.3, -0.25) is 9.59 Å². The first kappa shape index (κ1) is 25.0. The lowest BCUT2D eigenvalue weighted by Gasteiger charge is -2.31. The van der Waals surface area contributed by atoms with Crippen LogP contribution in [-0.2, 0) is 22.5 Å². The summed E-state index contributed by atoms with van der Waals surface area (Å²) in [5.74, 6) is -0.356. The van der Waals surface area contributed by atoms with Crippen LogP contribution in [0.2, 0.25) is 0 Å². The Morgan fingerprint density at radius 1 is 1.00 bits per heavy atom. The quantitative estimate of drug-likeness (QED) is 0.492. The van der Waals surface area contributed by atoms with Gasteiger partial charge in [-0.2, -0.15) is 0 Å². The van der Waals surface area contributed by atoms with Gasteiger partial charge in [0.2, 0.25) is 5.91 Å². The molecule has 2 aliphatic heterocycles. The molecule has 2 amide bonds. The fraction of sp³-hybridized carbons (Fsp3) is 0.355. The van der Waals surface area contributed by atoms with Gasteiger partial charge in [-0.25, -0.2) is 0 Å². The SMILES string of the molecule is Cc1cccc(NC(=O)CN(CC2CCCO2)C(=O)c2ccc(N3CCc4ccccc4C3)cc2)c1C. The second-order valence-corrected chi connectivity index (χ2v) is 10.1. The Labute approximate surface area is 219 Å². The van der Waals surface area contributed by atoms with Crippen LogP contribution >= 0.6 is 0 Å². The maximum atomic E-state index is 13.6. The van der Waals surface area contributed by atoms with Crippen molar-refractivity contribution >= 4 is 23.2 Å². The largest absolute Gasteiger partial charge is 0.376 e. The summed E-state index contributed by atoms with van der Waals surface area (Å²) in [6.07, 6.45) is 2.86. The highest BCUT2D eigenvalue weighted by atomic mass is 16.5. The summed E-state index contributed by atoms with van der Waals surface area (Å²) in [4.78, 5) is 30.5. The van der Waals surface area contributed by atoms with Crippen molar-refractivity contribution in [2.24, 2.45) is 0 Å². The molecule has 5 rings (SSSR count). The number of carbonyl (C=O) groups is 2. The minimum absolute atomic E-state index is 0.0171. The zero-order valence-corrected chi connectivity index (χ0v) is 21.7. The third-order valence-electron chi connectivity index (χ3n) is 7.56. The van der Waals surface area contributed by atoms with Crippen molar-refractivity contribution in [1.82, 2.24) is 4.90 Å². The highest BCUT2D eigenvalue weighted by Crippen LogP contribution is 2.25. The standard InChI is InChI=1S/C31H35N3O3/c1-22-7-5-11-29(23(22)2)32-30(35)21-34(20-28-10-6-18-37-28)31(36)25-12-14-27(15-13-25)33-17-16-24-8-3-4-9-26(24)19-33/h3-5,7-9,11-15,28H,6,10,16-21H2,1-2H3,(H,32,35). The number of aryl methyl sites for hydroxylation is 1. The van der Waals surface area contributed by atoms with Crippen molar-refractivity contribution in [1.29, 1.82) is 0 Å². The molecule has 1 unspecified atom stereocenters. The molecule has 0 bridgehead atoms. The fourth-order valence-electron chi connectivity index (χ4n) is 5.22. The number of hydrogen-bond acceptors (Lipinski definition) is 4. The molecule has 1 fully saturated rings. The smallest absolute Gasteiger partial charge is 0.254 e. The van der Waals surface area contributed by atoms with Crippen molar-refractivity contribution in [3.05, 3.63) is 94.5 Å². The first-order valence-corrected chi connectivity index (χ1v) is 13.2. The number of ether oxygens (including phenoxy) is 1. The summed E-state index contributed by atoms with van der Waals surface area (Å²) in [6.45, 7) is 6.92. The van der Waals surface area contributed by atoms with Crippen LogP contribution in [0.15, 0.2) is 66.7 Å². The number of rotatable bonds is 7. The monoisotopic (exact) mass is 497 g/mol. The number of fused-ring (bicyclic) bond motifs is 1. The van der Waals surface area contributed by atoms with E-state index < -0.39 is 0 Å². The van der Waals surface area contributed by atoms with Crippen LogP contribution < -0.4 is 10.2 Å². The lowest BCUT2D eigenvalue weighted by molar-refractivity contribution is -0.117. The summed E-state index contributed by atoms with van der Waals surface area (Å²) in [7, 11) is 0. The van der Waals surface area contributed by atoms with Crippen LogP contribution in [0.25, 0.3) is 0 Å². The van der Waals surface area contributed by atoms with Crippen molar-refractivity contribution in [2.75, 3.05) is 36.5 Å². The van der Waals surface area contributed by atoms with Gasteiger partial charge in [0.1, 0.15) is 6.54 Å². The van der Waals surface area contributed by atoms with E-state index in [1.807, 2.05) is 56.3 Å². The third kappa shape index (κ3) is 5.86. The van der Waals surface area contributed by atoms with E-state index in [1.165, 1.54) is 11.1 Å². The van der Waals surface area contributed by atoms with Crippen molar-refractivity contribution in [3.8, 4) is 0 Å². The molecule has 0 radical (unpaired) electrons. The van der Waals surface area contributed by atoms with Gasteiger partial charge in [0.15, 0.2) is 0 Å². The number of nitrogens with one attached hydrogen (secondary N) is 1. The molecular weight excluding hydrogens is 462 g/mol. The van der Waals surface area contributed by atoms with E-state index in [1.54, 1.807) is 4.90 Å². The van der Waals surface area contributed by atoms with E-state index in [4.69, 9.17) is 4.74 Å². The molecule has 0 saturated carbocycles.